The number of nitrogens with zero attached hydrogens (tertiary/aromatic N) is 1. The Kier molecular flexibility index (Phi) is 3.58. The summed E-state index contributed by atoms with van der Waals surface area (Å²) in [6.45, 7) is 14.7. The fourth-order valence-corrected chi connectivity index (χ4v) is 2.19. The molecule has 0 amide bonds. The largest absolute Gasteiger partial charge is 0.389 e. The van der Waals surface area contributed by atoms with Crippen molar-refractivity contribution in [1.29, 1.82) is 0 Å². The molecule has 2 heteroatoms. The number of hydrogen-bond donors (Lipinski definition) is 1. The molecular weight excluding hydrogens is 184 g/mol. The number of nitrogens with one attached hydrogen (secondary N) is 1. The van der Waals surface area contributed by atoms with Gasteiger partial charge in [-0.2, -0.15) is 0 Å². The Morgan fingerprint density at radius 2 is 2.13 bits per heavy atom. The van der Waals surface area contributed by atoms with Crippen LogP contribution in [0.4, 0.5) is 0 Å². The average molecular weight is 208 g/mol. The van der Waals surface area contributed by atoms with E-state index >= 15 is 0 Å². The van der Waals surface area contributed by atoms with Crippen molar-refractivity contribution >= 4 is 5.71 Å². The Morgan fingerprint density at radius 1 is 1.53 bits per heavy atom. The van der Waals surface area contributed by atoms with Crippen molar-refractivity contribution in [1.82, 2.24) is 5.32 Å². The molecule has 0 bridgehead atoms. The maximum Gasteiger partial charge on any atom is 0.0523 e. The van der Waals surface area contributed by atoms with Crippen molar-refractivity contribution in [2.45, 2.75) is 52.6 Å². The third kappa shape index (κ3) is 3.08. The van der Waals surface area contributed by atoms with E-state index in [1.807, 2.05) is 0 Å². The minimum atomic E-state index is 0.0731. The van der Waals surface area contributed by atoms with Gasteiger partial charge in [0.05, 0.1) is 5.54 Å². The molecule has 15 heavy (non-hydrogen) atoms. The quantitative estimate of drug-likeness (QED) is 0.757. The zero-order valence-corrected chi connectivity index (χ0v) is 10.7. The lowest BCUT2D eigenvalue weighted by atomic mass is 9.69. The fraction of sp³-hybridized carbons (Fsp3) is 0.769. The predicted molar refractivity (Wildman–Crippen MR) is 67.3 cm³/mol. The predicted octanol–water partition coefficient (Wildman–Crippen LogP) is 3.00. The molecule has 1 saturated carbocycles. The van der Waals surface area contributed by atoms with Gasteiger partial charge in [0.2, 0.25) is 0 Å². The van der Waals surface area contributed by atoms with Crippen LogP contribution in [0.25, 0.3) is 0 Å². The van der Waals surface area contributed by atoms with Crippen LogP contribution in [0.3, 0.4) is 0 Å². The van der Waals surface area contributed by atoms with E-state index in [9.17, 15) is 0 Å². The summed E-state index contributed by atoms with van der Waals surface area (Å²) in [5.74, 6) is 1.33. The summed E-state index contributed by atoms with van der Waals surface area (Å²) in [6, 6.07) is 0.511. The molecule has 3 atom stereocenters. The minimum absolute atomic E-state index is 0.0731. The van der Waals surface area contributed by atoms with Crippen LogP contribution in [0, 0.1) is 11.8 Å². The summed E-state index contributed by atoms with van der Waals surface area (Å²) >= 11 is 0. The molecule has 1 aliphatic carbocycles. The lowest BCUT2D eigenvalue weighted by molar-refractivity contribution is 0.299. The monoisotopic (exact) mass is 208 g/mol. The third-order valence-corrected chi connectivity index (χ3v) is 3.11. The highest BCUT2D eigenvalue weighted by molar-refractivity contribution is 5.92. The second-order valence-electron chi connectivity index (χ2n) is 5.59. The highest BCUT2D eigenvalue weighted by Crippen LogP contribution is 2.35. The maximum atomic E-state index is 4.75. The van der Waals surface area contributed by atoms with Gasteiger partial charge in [0.25, 0.3) is 0 Å². The smallest absolute Gasteiger partial charge is 0.0523 e. The summed E-state index contributed by atoms with van der Waals surface area (Å²) < 4.78 is 0. The summed E-state index contributed by atoms with van der Waals surface area (Å²) in [6.07, 6.45) is 2.93. The SMILES string of the molecule is C=CN[C@H](C)C1C/C(=N\C(C)(C)C)[C@H]1C. The molecule has 1 fully saturated rings. The van der Waals surface area contributed by atoms with Gasteiger partial charge in [-0.05, 0) is 52.2 Å². The van der Waals surface area contributed by atoms with E-state index in [-0.39, 0.29) is 5.54 Å². The molecule has 0 aliphatic heterocycles. The van der Waals surface area contributed by atoms with E-state index in [0.29, 0.717) is 17.9 Å². The van der Waals surface area contributed by atoms with Gasteiger partial charge in [-0.3, -0.25) is 4.99 Å². The van der Waals surface area contributed by atoms with Crippen molar-refractivity contribution in [3.8, 4) is 0 Å². The van der Waals surface area contributed by atoms with Crippen molar-refractivity contribution in [3.63, 3.8) is 0 Å². The lowest BCUT2D eigenvalue weighted by Crippen LogP contribution is -2.46. The second-order valence-corrected chi connectivity index (χ2v) is 5.59. The first-order valence-electron chi connectivity index (χ1n) is 5.80. The molecule has 0 radical (unpaired) electrons. The first kappa shape index (κ1) is 12.3. The van der Waals surface area contributed by atoms with Crippen LogP contribution in [0.1, 0.15) is 41.0 Å². The van der Waals surface area contributed by atoms with Gasteiger partial charge in [0, 0.05) is 11.8 Å². The van der Waals surface area contributed by atoms with Gasteiger partial charge in [0.15, 0.2) is 0 Å². The molecule has 1 aliphatic rings. The van der Waals surface area contributed by atoms with Gasteiger partial charge >= 0.3 is 0 Å². The van der Waals surface area contributed by atoms with Crippen LogP contribution in [0.2, 0.25) is 0 Å². The summed E-state index contributed by atoms with van der Waals surface area (Å²) in [7, 11) is 0. The van der Waals surface area contributed by atoms with Crippen LogP contribution >= 0.6 is 0 Å². The highest BCUT2D eigenvalue weighted by Gasteiger charge is 2.37. The topological polar surface area (TPSA) is 24.4 Å². The van der Waals surface area contributed by atoms with E-state index in [0.717, 1.165) is 6.42 Å². The summed E-state index contributed by atoms with van der Waals surface area (Å²) in [5.41, 5.74) is 1.45. The van der Waals surface area contributed by atoms with Crippen LogP contribution < -0.4 is 5.32 Å². The second kappa shape index (κ2) is 4.38. The summed E-state index contributed by atoms with van der Waals surface area (Å²) in [5, 5.41) is 3.27. The molecule has 2 nitrogen and oxygen atoms in total. The van der Waals surface area contributed by atoms with Crippen LogP contribution in [0.5, 0.6) is 0 Å². The molecular formula is C13H24N2. The molecule has 1 N–H and O–H groups in total. The van der Waals surface area contributed by atoms with Gasteiger partial charge in [-0.1, -0.05) is 13.5 Å². The Bertz CT molecular complexity index is 260. The Morgan fingerprint density at radius 3 is 2.53 bits per heavy atom. The first-order chi connectivity index (χ1) is 6.85. The Balaban J connectivity index is 2.55. The highest BCUT2D eigenvalue weighted by atomic mass is 14.9. The van der Waals surface area contributed by atoms with E-state index in [1.165, 1.54) is 5.71 Å². The molecule has 0 aromatic carbocycles. The molecule has 0 aromatic heterocycles. The van der Waals surface area contributed by atoms with Gasteiger partial charge in [0.1, 0.15) is 0 Å². The zero-order chi connectivity index (χ0) is 11.6. The molecule has 1 rings (SSSR count). The molecule has 86 valence electrons. The van der Waals surface area contributed by atoms with Crippen molar-refractivity contribution in [3.05, 3.63) is 12.8 Å². The molecule has 0 heterocycles. The van der Waals surface area contributed by atoms with Crippen molar-refractivity contribution in [2.24, 2.45) is 16.8 Å². The van der Waals surface area contributed by atoms with Crippen LogP contribution in [0.15, 0.2) is 17.8 Å². The number of hydrogen-bond acceptors (Lipinski definition) is 2. The standard InChI is InChI=1S/C13H24N2/c1-7-14-10(3)11-8-12(9(11)2)15-13(4,5)6/h7,9-11,14H,1,8H2,2-6H3/b15-12+/t9-,10+,11?/m0/s1. The fourth-order valence-electron chi connectivity index (χ4n) is 2.19. The van der Waals surface area contributed by atoms with Crippen molar-refractivity contribution in [2.75, 3.05) is 0 Å². The molecule has 0 saturated heterocycles. The molecule has 0 aromatic rings. The minimum Gasteiger partial charge on any atom is -0.389 e. The van der Waals surface area contributed by atoms with Gasteiger partial charge in [-0.15, -0.1) is 0 Å². The van der Waals surface area contributed by atoms with Crippen LogP contribution in [-0.4, -0.2) is 17.3 Å². The Hall–Kier alpha value is -0.790. The average Bonchev–Trinajstić information content (AvgIpc) is 2.10. The van der Waals surface area contributed by atoms with Gasteiger partial charge < -0.3 is 5.32 Å². The van der Waals surface area contributed by atoms with E-state index in [1.54, 1.807) is 6.20 Å². The lowest BCUT2D eigenvalue weighted by Gasteiger charge is -2.41. The molecule has 0 spiro atoms. The number of aliphatic imine (C=N–C) groups is 1. The van der Waals surface area contributed by atoms with Crippen molar-refractivity contribution < 1.29 is 0 Å². The maximum absolute atomic E-state index is 4.75. The summed E-state index contributed by atoms with van der Waals surface area (Å²) in [4.78, 5) is 4.75. The van der Waals surface area contributed by atoms with E-state index in [2.05, 4.69) is 46.5 Å². The third-order valence-electron chi connectivity index (χ3n) is 3.11. The normalized spacial score (nSPS) is 30.9. The number of rotatable bonds is 3. The van der Waals surface area contributed by atoms with Crippen LogP contribution in [-0.2, 0) is 0 Å². The van der Waals surface area contributed by atoms with E-state index in [4.69, 9.17) is 4.99 Å². The zero-order valence-electron chi connectivity index (χ0n) is 10.7. The first-order valence-corrected chi connectivity index (χ1v) is 5.80. The Labute approximate surface area is 93.9 Å². The van der Waals surface area contributed by atoms with E-state index < -0.39 is 0 Å². The van der Waals surface area contributed by atoms with Gasteiger partial charge in [-0.25, -0.2) is 0 Å². The molecule has 1 unspecified atom stereocenters.